The number of rotatable bonds is 2. The average Bonchev–Trinajstić information content (AvgIpc) is 2.47. The quantitative estimate of drug-likeness (QED) is 0.812. The Bertz CT molecular complexity index is 484. The van der Waals surface area contributed by atoms with E-state index in [2.05, 4.69) is 11.9 Å². The van der Waals surface area contributed by atoms with Crippen molar-refractivity contribution in [2.75, 3.05) is 0 Å². The van der Waals surface area contributed by atoms with Crippen molar-refractivity contribution in [3.8, 4) is 0 Å². The lowest BCUT2D eigenvalue weighted by atomic mass is 9.79. The molecule has 19 heavy (non-hydrogen) atoms. The third-order valence-corrected chi connectivity index (χ3v) is 4.73. The molecule has 1 heterocycles. The Hall–Kier alpha value is -1.25. The van der Waals surface area contributed by atoms with Gasteiger partial charge in [-0.25, -0.2) is 9.97 Å². The predicted octanol–water partition coefficient (Wildman–Crippen LogP) is 3.68. The van der Waals surface area contributed by atoms with Crippen molar-refractivity contribution in [1.82, 2.24) is 9.97 Å². The molecule has 0 aromatic carbocycles. The fraction of sp³-hybridized carbons (Fsp3) is 0.688. The summed E-state index contributed by atoms with van der Waals surface area (Å²) in [5.74, 6) is 2.57. The highest BCUT2D eigenvalue weighted by atomic mass is 16.1. The minimum absolute atomic E-state index is 0.225. The highest BCUT2D eigenvalue weighted by Crippen LogP contribution is 2.36. The molecule has 2 aliphatic rings. The minimum Gasteiger partial charge on any atom is -0.294 e. The van der Waals surface area contributed by atoms with Gasteiger partial charge in [-0.1, -0.05) is 26.2 Å². The summed E-state index contributed by atoms with van der Waals surface area (Å²) < 4.78 is 0. The standard InChI is InChI=1S/C16H22N2O/c1-2-11-5-3-6-12(9-11)16-17-10-13-14(18-16)7-4-8-15(13)19/h10-12H,2-9H2,1H3. The Morgan fingerprint density at radius 3 is 3.00 bits per heavy atom. The zero-order valence-electron chi connectivity index (χ0n) is 11.7. The number of nitrogens with zero attached hydrogens (tertiary/aromatic N) is 2. The van der Waals surface area contributed by atoms with E-state index in [-0.39, 0.29) is 5.78 Å². The number of Topliss-reactive ketones (excluding diaryl/α,β-unsaturated/α-hetero) is 1. The maximum Gasteiger partial charge on any atom is 0.166 e. The number of aromatic nitrogens is 2. The molecule has 2 atom stereocenters. The van der Waals surface area contributed by atoms with Crippen LogP contribution in [0, 0.1) is 5.92 Å². The third kappa shape index (κ3) is 2.56. The van der Waals surface area contributed by atoms with E-state index in [0.717, 1.165) is 35.8 Å². The van der Waals surface area contributed by atoms with Gasteiger partial charge in [0.25, 0.3) is 0 Å². The molecule has 0 amide bonds. The molecule has 102 valence electrons. The molecule has 1 aromatic heterocycles. The van der Waals surface area contributed by atoms with E-state index in [9.17, 15) is 4.79 Å². The molecule has 0 bridgehead atoms. The molecule has 3 nitrogen and oxygen atoms in total. The van der Waals surface area contributed by atoms with Gasteiger partial charge >= 0.3 is 0 Å². The van der Waals surface area contributed by atoms with Gasteiger partial charge in [0, 0.05) is 18.5 Å². The van der Waals surface area contributed by atoms with Crippen LogP contribution in [0.1, 0.15) is 79.7 Å². The number of carbonyl (C=O) groups is 1. The predicted molar refractivity (Wildman–Crippen MR) is 74.3 cm³/mol. The summed E-state index contributed by atoms with van der Waals surface area (Å²) in [5, 5.41) is 0. The molecule has 0 radical (unpaired) electrons. The normalized spacial score (nSPS) is 27.1. The molecule has 1 fully saturated rings. The van der Waals surface area contributed by atoms with Gasteiger partial charge < -0.3 is 0 Å². The molecule has 1 saturated carbocycles. The van der Waals surface area contributed by atoms with Crippen molar-refractivity contribution in [1.29, 1.82) is 0 Å². The van der Waals surface area contributed by atoms with Crippen molar-refractivity contribution in [3.63, 3.8) is 0 Å². The highest BCUT2D eigenvalue weighted by molar-refractivity contribution is 5.97. The largest absolute Gasteiger partial charge is 0.294 e. The maximum absolute atomic E-state index is 11.8. The Balaban J connectivity index is 1.83. The van der Waals surface area contributed by atoms with Crippen LogP contribution in [0.5, 0.6) is 0 Å². The van der Waals surface area contributed by atoms with Crippen LogP contribution < -0.4 is 0 Å². The Morgan fingerprint density at radius 2 is 2.16 bits per heavy atom. The lowest BCUT2D eigenvalue weighted by Gasteiger charge is -2.28. The van der Waals surface area contributed by atoms with E-state index >= 15 is 0 Å². The van der Waals surface area contributed by atoms with E-state index in [1.54, 1.807) is 6.20 Å². The van der Waals surface area contributed by atoms with E-state index in [1.165, 1.54) is 32.1 Å². The van der Waals surface area contributed by atoms with Crippen LogP contribution in [0.3, 0.4) is 0 Å². The molecule has 0 saturated heterocycles. The molecule has 3 heteroatoms. The smallest absolute Gasteiger partial charge is 0.166 e. The van der Waals surface area contributed by atoms with Crippen LogP contribution in [0.2, 0.25) is 0 Å². The van der Waals surface area contributed by atoms with Gasteiger partial charge in [0.05, 0.1) is 11.3 Å². The fourth-order valence-electron chi connectivity index (χ4n) is 3.50. The molecular formula is C16H22N2O. The minimum atomic E-state index is 0.225. The van der Waals surface area contributed by atoms with Gasteiger partial charge in [0.1, 0.15) is 5.82 Å². The van der Waals surface area contributed by atoms with Crippen molar-refractivity contribution in [3.05, 3.63) is 23.3 Å². The lowest BCUT2D eigenvalue weighted by Crippen LogP contribution is -2.19. The van der Waals surface area contributed by atoms with Crippen LogP contribution in [0.15, 0.2) is 6.20 Å². The number of aryl methyl sites for hydroxylation is 1. The molecule has 1 aromatic rings. The molecule has 2 unspecified atom stereocenters. The van der Waals surface area contributed by atoms with Gasteiger partial charge in [-0.15, -0.1) is 0 Å². The highest BCUT2D eigenvalue weighted by Gasteiger charge is 2.26. The van der Waals surface area contributed by atoms with E-state index in [0.29, 0.717) is 12.3 Å². The summed E-state index contributed by atoms with van der Waals surface area (Å²) in [7, 11) is 0. The van der Waals surface area contributed by atoms with Crippen molar-refractivity contribution >= 4 is 5.78 Å². The number of ketones is 1. The Morgan fingerprint density at radius 1 is 1.26 bits per heavy atom. The summed E-state index contributed by atoms with van der Waals surface area (Å²) in [4.78, 5) is 21.0. The first kappa shape index (κ1) is 12.8. The SMILES string of the molecule is CCC1CCCC(c2ncc3c(n2)CCCC3=O)C1. The van der Waals surface area contributed by atoms with Crippen LogP contribution in [-0.4, -0.2) is 15.8 Å². The third-order valence-electron chi connectivity index (χ3n) is 4.73. The number of carbonyl (C=O) groups excluding carboxylic acids is 1. The maximum atomic E-state index is 11.8. The monoisotopic (exact) mass is 258 g/mol. The summed E-state index contributed by atoms with van der Waals surface area (Å²) >= 11 is 0. The Kier molecular flexibility index (Phi) is 3.63. The second kappa shape index (κ2) is 5.40. The molecule has 2 aliphatic carbocycles. The average molecular weight is 258 g/mol. The summed E-state index contributed by atoms with van der Waals surface area (Å²) in [6, 6.07) is 0. The second-order valence-corrected chi connectivity index (χ2v) is 6.00. The van der Waals surface area contributed by atoms with Gasteiger partial charge in [0.2, 0.25) is 0 Å². The van der Waals surface area contributed by atoms with Crippen LogP contribution in [0.25, 0.3) is 0 Å². The number of hydrogen-bond acceptors (Lipinski definition) is 3. The Labute approximate surface area is 114 Å². The van der Waals surface area contributed by atoms with Crippen molar-refractivity contribution in [2.45, 2.75) is 64.2 Å². The topological polar surface area (TPSA) is 42.9 Å². The molecule has 0 N–H and O–H groups in total. The van der Waals surface area contributed by atoms with Gasteiger partial charge in [-0.3, -0.25) is 4.79 Å². The van der Waals surface area contributed by atoms with Crippen LogP contribution >= 0.6 is 0 Å². The number of hydrogen-bond donors (Lipinski definition) is 0. The summed E-state index contributed by atoms with van der Waals surface area (Å²) in [6.45, 7) is 2.28. The van der Waals surface area contributed by atoms with Gasteiger partial charge in [-0.2, -0.15) is 0 Å². The zero-order chi connectivity index (χ0) is 13.2. The van der Waals surface area contributed by atoms with Crippen LogP contribution in [0.4, 0.5) is 0 Å². The fourth-order valence-corrected chi connectivity index (χ4v) is 3.50. The summed E-state index contributed by atoms with van der Waals surface area (Å²) in [5.41, 5.74) is 1.78. The van der Waals surface area contributed by atoms with E-state index in [4.69, 9.17) is 4.98 Å². The first-order valence-corrected chi connectivity index (χ1v) is 7.67. The molecular weight excluding hydrogens is 236 g/mol. The zero-order valence-corrected chi connectivity index (χ0v) is 11.7. The number of fused-ring (bicyclic) bond motifs is 1. The van der Waals surface area contributed by atoms with E-state index in [1.807, 2.05) is 0 Å². The van der Waals surface area contributed by atoms with Gasteiger partial charge in [-0.05, 0) is 31.6 Å². The first-order chi connectivity index (χ1) is 9.28. The molecule has 0 aliphatic heterocycles. The first-order valence-electron chi connectivity index (χ1n) is 7.67. The van der Waals surface area contributed by atoms with Crippen molar-refractivity contribution in [2.24, 2.45) is 5.92 Å². The second-order valence-electron chi connectivity index (χ2n) is 6.00. The lowest BCUT2D eigenvalue weighted by molar-refractivity contribution is 0.0971. The van der Waals surface area contributed by atoms with E-state index < -0.39 is 0 Å². The van der Waals surface area contributed by atoms with Crippen LogP contribution in [-0.2, 0) is 6.42 Å². The summed E-state index contributed by atoms with van der Waals surface area (Å²) in [6.07, 6.45) is 10.7. The van der Waals surface area contributed by atoms with Crippen molar-refractivity contribution < 1.29 is 4.79 Å². The molecule has 0 spiro atoms. The molecule has 3 rings (SSSR count). The van der Waals surface area contributed by atoms with Gasteiger partial charge in [0.15, 0.2) is 5.78 Å².